The van der Waals surface area contributed by atoms with E-state index in [1.807, 2.05) is 13.8 Å². The second-order valence-corrected chi connectivity index (χ2v) is 8.87. The van der Waals surface area contributed by atoms with Crippen LogP contribution in [0.15, 0.2) is 23.1 Å². The first kappa shape index (κ1) is 19.6. The van der Waals surface area contributed by atoms with Crippen LogP contribution >= 0.6 is 0 Å². The molecule has 1 aromatic carbocycles. The summed E-state index contributed by atoms with van der Waals surface area (Å²) >= 11 is 0. The highest BCUT2D eigenvalue weighted by Crippen LogP contribution is 2.31. The van der Waals surface area contributed by atoms with Crippen LogP contribution in [0, 0.1) is 22.0 Å². The average Bonchev–Trinajstić information content (AvgIpc) is 2.51. The van der Waals surface area contributed by atoms with Gasteiger partial charge >= 0.3 is 0 Å². The number of hydrogen-bond acceptors (Lipinski definition) is 6. The summed E-state index contributed by atoms with van der Waals surface area (Å²) < 4.78 is 27.2. The predicted molar refractivity (Wildman–Crippen MR) is 95.0 cm³/mol. The molecule has 2 rings (SSSR count). The highest BCUT2D eigenvalue weighted by Gasteiger charge is 2.33. The minimum absolute atomic E-state index is 0.0805. The molecule has 0 aliphatic carbocycles. The molecule has 0 spiro atoms. The monoisotopic (exact) mass is 371 g/mol. The molecule has 8 nitrogen and oxygen atoms in total. The molecule has 1 aromatic rings. The number of rotatable bonds is 6. The summed E-state index contributed by atoms with van der Waals surface area (Å²) in [6, 6.07) is 3.84. The second-order valence-electron chi connectivity index (χ2n) is 6.93. The molecule has 1 aliphatic rings. The third kappa shape index (κ3) is 4.68. The van der Waals surface area contributed by atoms with Crippen molar-refractivity contribution in [2.24, 2.45) is 11.8 Å². The zero-order valence-corrected chi connectivity index (χ0v) is 15.5. The van der Waals surface area contributed by atoms with Gasteiger partial charge in [0.15, 0.2) is 0 Å². The first-order chi connectivity index (χ1) is 11.6. The van der Waals surface area contributed by atoms with Gasteiger partial charge in [-0.25, -0.2) is 8.42 Å². The SMILES string of the molecule is C[C@@H]1C[C@H](C)CN(S(=O)(=O)c2ccc(NC[C@@H](C)O)c([N+](=O)[O-])c2)C1. The molecule has 0 bridgehead atoms. The Hall–Kier alpha value is -1.71. The van der Waals surface area contributed by atoms with Crippen molar-refractivity contribution in [2.45, 2.75) is 38.2 Å². The van der Waals surface area contributed by atoms with Crippen LogP contribution in [0.5, 0.6) is 0 Å². The van der Waals surface area contributed by atoms with Crippen LogP contribution in [0.2, 0.25) is 0 Å². The van der Waals surface area contributed by atoms with Crippen molar-refractivity contribution >= 4 is 21.4 Å². The smallest absolute Gasteiger partial charge is 0.293 e. The fourth-order valence-electron chi connectivity index (χ4n) is 3.18. The molecule has 0 amide bonds. The summed E-state index contributed by atoms with van der Waals surface area (Å²) in [6.45, 7) is 6.53. The number of hydrogen-bond donors (Lipinski definition) is 2. The van der Waals surface area contributed by atoms with Gasteiger partial charge in [0, 0.05) is 25.7 Å². The summed E-state index contributed by atoms with van der Waals surface area (Å²) in [5.74, 6) is 0.501. The van der Waals surface area contributed by atoms with Crippen molar-refractivity contribution in [3.05, 3.63) is 28.3 Å². The Balaban J connectivity index is 2.34. The molecule has 3 atom stereocenters. The van der Waals surface area contributed by atoms with Crippen LogP contribution < -0.4 is 5.32 Å². The van der Waals surface area contributed by atoms with Gasteiger partial charge in [0.1, 0.15) is 5.69 Å². The van der Waals surface area contributed by atoms with Crippen molar-refractivity contribution in [2.75, 3.05) is 25.0 Å². The fraction of sp³-hybridized carbons (Fsp3) is 0.625. The van der Waals surface area contributed by atoms with Gasteiger partial charge in [0.05, 0.1) is 15.9 Å². The molecular formula is C16H25N3O5S. The molecule has 0 unspecified atom stereocenters. The van der Waals surface area contributed by atoms with Gasteiger partial charge in [-0.1, -0.05) is 13.8 Å². The van der Waals surface area contributed by atoms with Crippen LogP contribution in [0.3, 0.4) is 0 Å². The Kier molecular flexibility index (Phi) is 6.02. The lowest BCUT2D eigenvalue weighted by molar-refractivity contribution is -0.384. The summed E-state index contributed by atoms with van der Waals surface area (Å²) in [5, 5.41) is 23.4. The van der Waals surface area contributed by atoms with Gasteiger partial charge < -0.3 is 10.4 Å². The third-order valence-corrected chi connectivity index (χ3v) is 6.05. The lowest BCUT2D eigenvalue weighted by Gasteiger charge is -2.34. The van der Waals surface area contributed by atoms with Gasteiger partial charge in [-0.05, 0) is 37.3 Å². The van der Waals surface area contributed by atoms with Gasteiger partial charge in [-0.15, -0.1) is 0 Å². The third-order valence-electron chi connectivity index (χ3n) is 4.23. The summed E-state index contributed by atoms with van der Waals surface area (Å²) in [4.78, 5) is 10.6. The van der Waals surface area contributed by atoms with Gasteiger partial charge in [0.25, 0.3) is 5.69 Å². The number of nitro benzene ring substituents is 1. The number of benzene rings is 1. The van der Waals surface area contributed by atoms with Crippen LogP contribution in [-0.4, -0.2) is 48.5 Å². The normalized spacial score (nSPS) is 23.2. The number of nitrogens with one attached hydrogen (secondary N) is 1. The van der Waals surface area contributed by atoms with Crippen molar-refractivity contribution in [1.82, 2.24) is 4.31 Å². The minimum Gasteiger partial charge on any atom is -0.392 e. The maximum Gasteiger partial charge on any atom is 0.293 e. The van der Waals surface area contributed by atoms with E-state index >= 15 is 0 Å². The van der Waals surface area contributed by atoms with Crippen LogP contribution in [0.1, 0.15) is 27.2 Å². The lowest BCUT2D eigenvalue weighted by atomic mass is 9.94. The lowest BCUT2D eigenvalue weighted by Crippen LogP contribution is -2.42. The molecule has 0 aromatic heterocycles. The van der Waals surface area contributed by atoms with E-state index in [1.165, 1.54) is 16.4 Å². The minimum atomic E-state index is -3.78. The number of anilines is 1. The fourth-order valence-corrected chi connectivity index (χ4v) is 4.88. The molecule has 25 heavy (non-hydrogen) atoms. The van der Waals surface area contributed by atoms with Gasteiger partial charge in [-0.2, -0.15) is 4.31 Å². The summed E-state index contributed by atoms with van der Waals surface area (Å²) in [7, 11) is -3.78. The van der Waals surface area contributed by atoms with Crippen LogP contribution in [0.4, 0.5) is 11.4 Å². The number of aliphatic hydroxyl groups excluding tert-OH is 1. The quantitative estimate of drug-likeness (QED) is 0.584. The Morgan fingerprint density at radius 1 is 1.36 bits per heavy atom. The average molecular weight is 371 g/mol. The van der Waals surface area contributed by atoms with E-state index in [-0.39, 0.29) is 34.7 Å². The topological polar surface area (TPSA) is 113 Å². The Labute approximate surface area is 148 Å². The van der Waals surface area contributed by atoms with E-state index in [0.29, 0.717) is 13.1 Å². The Morgan fingerprint density at radius 2 is 1.96 bits per heavy atom. The molecular weight excluding hydrogens is 346 g/mol. The molecule has 0 saturated carbocycles. The summed E-state index contributed by atoms with van der Waals surface area (Å²) in [5.41, 5.74) is -0.134. The van der Waals surface area contributed by atoms with Crippen molar-refractivity contribution < 1.29 is 18.4 Å². The predicted octanol–water partition coefficient (Wildman–Crippen LogP) is 2.05. The van der Waals surface area contributed by atoms with E-state index in [9.17, 15) is 23.6 Å². The first-order valence-electron chi connectivity index (χ1n) is 8.31. The maximum absolute atomic E-state index is 12.9. The molecule has 140 valence electrons. The van der Waals surface area contributed by atoms with E-state index in [4.69, 9.17) is 0 Å². The maximum atomic E-state index is 12.9. The standard InChI is InChI=1S/C16H25N3O5S/c1-11-6-12(2)10-18(9-11)25(23,24)14-4-5-15(17-8-13(3)20)16(7-14)19(21)22/h4-5,7,11-13,17,20H,6,8-10H2,1-3H3/t11-,12+,13-/m1/s1. The van der Waals surface area contributed by atoms with Gasteiger partial charge in [0.2, 0.25) is 10.0 Å². The highest BCUT2D eigenvalue weighted by atomic mass is 32.2. The molecule has 1 aliphatic heterocycles. The van der Waals surface area contributed by atoms with Crippen LogP contribution in [0.25, 0.3) is 0 Å². The zero-order chi connectivity index (χ0) is 18.8. The van der Waals surface area contributed by atoms with Gasteiger partial charge in [-0.3, -0.25) is 10.1 Å². The molecule has 1 saturated heterocycles. The van der Waals surface area contributed by atoms with E-state index in [0.717, 1.165) is 12.5 Å². The Bertz CT molecular complexity index is 725. The number of sulfonamides is 1. The Morgan fingerprint density at radius 3 is 2.48 bits per heavy atom. The zero-order valence-electron chi connectivity index (χ0n) is 14.7. The van der Waals surface area contributed by atoms with E-state index in [1.54, 1.807) is 6.92 Å². The number of nitrogens with zero attached hydrogens (tertiary/aromatic N) is 2. The van der Waals surface area contributed by atoms with E-state index in [2.05, 4.69) is 5.32 Å². The van der Waals surface area contributed by atoms with E-state index < -0.39 is 21.1 Å². The second kappa shape index (κ2) is 7.67. The van der Waals surface area contributed by atoms with Crippen molar-refractivity contribution in [3.63, 3.8) is 0 Å². The molecule has 1 heterocycles. The highest BCUT2D eigenvalue weighted by molar-refractivity contribution is 7.89. The molecule has 1 fully saturated rings. The number of piperidine rings is 1. The largest absolute Gasteiger partial charge is 0.392 e. The molecule has 9 heteroatoms. The number of nitro groups is 1. The molecule has 0 radical (unpaired) electrons. The molecule has 2 N–H and O–H groups in total. The van der Waals surface area contributed by atoms with Crippen LogP contribution in [-0.2, 0) is 10.0 Å². The first-order valence-corrected chi connectivity index (χ1v) is 9.75. The number of aliphatic hydroxyl groups is 1. The van der Waals surface area contributed by atoms with Crippen molar-refractivity contribution in [3.8, 4) is 0 Å². The summed E-state index contributed by atoms with van der Waals surface area (Å²) in [6.07, 6.45) is 0.285. The van der Waals surface area contributed by atoms with Crippen molar-refractivity contribution in [1.29, 1.82) is 0 Å².